The largest absolute Gasteiger partial charge is 0.369 e. The van der Waals surface area contributed by atoms with Gasteiger partial charge in [-0.2, -0.15) is 0 Å². The van der Waals surface area contributed by atoms with E-state index in [1.54, 1.807) is 6.20 Å². The summed E-state index contributed by atoms with van der Waals surface area (Å²) in [6.45, 7) is 1.75. The van der Waals surface area contributed by atoms with E-state index in [0.29, 0.717) is 5.69 Å². The fourth-order valence-electron chi connectivity index (χ4n) is 1.79. The van der Waals surface area contributed by atoms with E-state index in [1.807, 2.05) is 56.6 Å². The Morgan fingerprint density at radius 2 is 1.77 bits per heavy atom. The highest BCUT2D eigenvalue weighted by atomic mass is 16.2. The average Bonchev–Trinajstić information content (AvgIpc) is 2.49. The zero-order valence-electron chi connectivity index (χ0n) is 12.8. The van der Waals surface area contributed by atoms with Gasteiger partial charge in [0.05, 0.1) is 11.9 Å². The summed E-state index contributed by atoms with van der Waals surface area (Å²) in [5, 5.41) is 8.71. The number of hydrogen-bond donors (Lipinski definition) is 3. The lowest BCUT2D eigenvalue weighted by molar-refractivity contribution is 0.262. The Labute approximate surface area is 130 Å². The Hall–Kier alpha value is -2.60. The molecule has 1 heterocycles. The van der Waals surface area contributed by atoms with Crippen molar-refractivity contribution in [3.63, 3.8) is 0 Å². The molecule has 116 valence electrons. The van der Waals surface area contributed by atoms with Crippen molar-refractivity contribution in [1.29, 1.82) is 0 Å². The van der Waals surface area contributed by atoms with Crippen molar-refractivity contribution in [2.45, 2.75) is 0 Å². The number of anilines is 3. The molecule has 0 bridgehead atoms. The molecule has 6 nitrogen and oxygen atoms in total. The Kier molecular flexibility index (Phi) is 5.73. The second-order valence-electron chi connectivity index (χ2n) is 5.11. The highest BCUT2D eigenvalue weighted by Gasteiger charge is 2.03. The van der Waals surface area contributed by atoms with Crippen LogP contribution in [0, 0.1) is 0 Å². The molecule has 0 fully saturated rings. The number of hydrogen-bond acceptors (Lipinski definition) is 4. The van der Waals surface area contributed by atoms with Gasteiger partial charge in [-0.1, -0.05) is 18.2 Å². The number of carbonyl (C=O) groups excluding carboxylic acids is 1. The normalized spacial score (nSPS) is 10.3. The zero-order valence-corrected chi connectivity index (χ0v) is 12.8. The van der Waals surface area contributed by atoms with Gasteiger partial charge in [-0.05, 0) is 38.4 Å². The molecule has 6 heteroatoms. The number of pyridine rings is 1. The summed E-state index contributed by atoms with van der Waals surface area (Å²) in [5.74, 6) is 0.788. The summed E-state index contributed by atoms with van der Waals surface area (Å²) >= 11 is 0. The summed E-state index contributed by atoms with van der Waals surface area (Å²) in [6.07, 6.45) is 1.63. The summed E-state index contributed by atoms with van der Waals surface area (Å²) in [7, 11) is 4.04. The third kappa shape index (κ3) is 5.41. The van der Waals surface area contributed by atoms with Gasteiger partial charge in [0.2, 0.25) is 0 Å². The topological polar surface area (TPSA) is 69.3 Å². The van der Waals surface area contributed by atoms with Crippen LogP contribution in [0.25, 0.3) is 0 Å². The van der Waals surface area contributed by atoms with E-state index >= 15 is 0 Å². The minimum absolute atomic E-state index is 0.290. The van der Waals surface area contributed by atoms with E-state index in [0.717, 1.165) is 24.6 Å². The van der Waals surface area contributed by atoms with Crippen molar-refractivity contribution in [3.8, 4) is 0 Å². The molecule has 2 aromatic rings. The van der Waals surface area contributed by atoms with Gasteiger partial charge in [-0.3, -0.25) is 0 Å². The van der Waals surface area contributed by atoms with Gasteiger partial charge >= 0.3 is 6.03 Å². The second-order valence-corrected chi connectivity index (χ2v) is 5.11. The van der Waals surface area contributed by atoms with Crippen molar-refractivity contribution >= 4 is 23.2 Å². The molecule has 0 unspecified atom stereocenters. The van der Waals surface area contributed by atoms with Crippen LogP contribution < -0.4 is 16.0 Å². The summed E-state index contributed by atoms with van der Waals surface area (Å²) in [4.78, 5) is 18.2. The van der Waals surface area contributed by atoms with Crippen LogP contribution in [0.3, 0.4) is 0 Å². The van der Waals surface area contributed by atoms with Crippen LogP contribution in [0.1, 0.15) is 0 Å². The van der Waals surface area contributed by atoms with Gasteiger partial charge in [-0.25, -0.2) is 9.78 Å². The minimum atomic E-state index is -0.290. The predicted molar refractivity (Wildman–Crippen MR) is 90.4 cm³/mol. The van der Waals surface area contributed by atoms with Crippen LogP contribution in [0.15, 0.2) is 48.7 Å². The Morgan fingerprint density at radius 3 is 2.41 bits per heavy atom. The van der Waals surface area contributed by atoms with E-state index in [9.17, 15) is 4.79 Å². The maximum atomic E-state index is 11.8. The first kappa shape index (κ1) is 15.8. The molecule has 0 radical (unpaired) electrons. The highest BCUT2D eigenvalue weighted by Crippen LogP contribution is 2.11. The van der Waals surface area contributed by atoms with Crippen LogP contribution in [0.5, 0.6) is 0 Å². The van der Waals surface area contributed by atoms with Crippen LogP contribution in [0.2, 0.25) is 0 Å². The quantitative estimate of drug-likeness (QED) is 0.767. The molecule has 0 atom stereocenters. The first-order valence-electron chi connectivity index (χ1n) is 7.11. The van der Waals surface area contributed by atoms with E-state index in [-0.39, 0.29) is 6.03 Å². The number of amides is 2. The molecule has 0 aliphatic rings. The SMILES string of the molecule is CN(C)CCNc1ccc(NC(=O)Nc2ccccc2)cn1. The monoisotopic (exact) mass is 299 g/mol. The fraction of sp³-hybridized carbons (Fsp3) is 0.250. The third-order valence-corrected chi connectivity index (χ3v) is 2.92. The Bertz CT molecular complexity index is 583. The number of nitrogens with one attached hydrogen (secondary N) is 3. The lowest BCUT2D eigenvalue weighted by Gasteiger charge is -2.11. The van der Waals surface area contributed by atoms with Gasteiger partial charge in [-0.15, -0.1) is 0 Å². The number of para-hydroxylation sites is 1. The number of nitrogens with zero attached hydrogens (tertiary/aromatic N) is 2. The molecular formula is C16H21N5O. The maximum Gasteiger partial charge on any atom is 0.323 e. The molecule has 0 saturated heterocycles. The van der Waals surface area contributed by atoms with Crippen LogP contribution >= 0.6 is 0 Å². The molecule has 2 amide bonds. The smallest absolute Gasteiger partial charge is 0.323 e. The van der Waals surface area contributed by atoms with Gasteiger partial charge in [0, 0.05) is 18.8 Å². The molecule has 0 aliphatic carbocycles. The van der Waals surface area contributed by atoms with Gasteiger partial charge < -0.3 is 20.9 Å². The summed E-state index contributed by atoms with van der Waals surface area (Å²) in [6, 6.07) is 12.7. The molecule has 3 N–H and O–H groups in total. The summed E-state index contributed by atoms with van der Waals surface area (Å²) in [5.41, 5.74) is 1.39. The molecule has 0 aliphatic heterocycles. The van der Waals surface area contributed by atoms with Crippen LogP contribution in [0.4, 0.5) is 22.0 Å². The van der Waals surface area contributed by atoms with Crippen LogP contribution in [-0.2, 0) is 0 Å². The number of aromatic nitrogens is 1. The molecule has 2 rings (SSSR count). The minimum Gasteiger partial charge on any atom is -0.369 e. The molecular weight excluding hydrogens is 278 g/mol. The average molecular weight is 299 g/mol. The molecule has 0 spiro atoms. The lowest BCUT2D eigenvalue weighted by atomic mass is 10.3. The van der Waals surface area contributed by atoms with Crippen molar-refractivity contribution < 1.29 is 4.79 Å². The summed E-state index contributed by atoms with van der Waals surface area (Å²) < 4.78 is 0. The molecule has 1 aromatic heterocycles. The van der Waals surface area contributed by atoms with E-state index < -0.39 is 0 Å². The van der Waals surface area contributed by atoms with Gasteiger partial charge in [0.1, 0.15) is 5.82 Å². The Balaban J connectivity index is 1.82. The van der Waals surface area contributed by atoms with E-state index in [1.165, 1.54) is 0 Å². The number of rotatable bonds is 6. The molecule has 1 aromatic carbocycles. The van der Waals surface area contributed by atoms with E-state index in [2.05, 4.69) is 25.8 Å². The number of likely N-dealkylation sites (N-methyl/N-ethyl adjacent to an activating group) is 1. The standard InChI is InChI=1S/C16H21N5O/c1-21(2)11-10-17-15-9-8-14(12-18-15)20-16(22)19-13-6-4-3-5-7-13/h3-9,12H,10-11H2,1-2H3,(H,17,18)(H2,19,20,22). The maximum absolute atomic E-state index is 11.8. The van der Waals surface area contributed by atoms with Crippen molar-refractivity contribution in [1.82, 2.24) is 9.88 Å². The first-order chi connectivity index (χ1) is 10.6. The number of carbonyl (C=O) groups is 1. The van der Waals surface area contributed by atoms with Gasteiger partial charge in [0.25, 0.3) is 0 Å². The Morgan fingerprint density at radius 1 is 1.05 bits per heavy atom. The molecule has 0 saturated carbocycles. The van der Waals surface area contributed by atoms with E-state index in [4.69, 9.17) is 0 Å². The fourth-order valence-corrected chi connectivity index (χ4v) is 1.79. The zero-order chi connectivity index (χ0) is 15.8. The second kappa shape index (κ2) is 7.99. The van der Waals surface area contributed by atoms with Gasteiger partial charge in [0.15, 0.2) is 0 Å². The highest BCUT2D eigenvalue weighted by molar-refractivity contribution is 5.99. The lowest BCUT2D eigenvalue weighted by Crippen LogP contribution is -2.21. The van der Waals surface area contributed by atoms with Crippen molar-refractivity contribution in [2.75, 3.05) is 43.1 Å². The van der Waals surface area contributed by atoms with Crippen molar-refractivity contribution in [2.24, 2.45) is 0 Å². The van der Waals surface area contributed by atoms with Crippen molar-refractivity contribution in [3.05, 3.63) is 48.7 Å². The number of benzene rings is 1. The first-order valence-corrected chi connectivity index (χ1v) is 7.11. The predicted octanol–water partition coefficient (Wildman–Crippen LogP) is 2.70. The third-order valence-electron chi connectivity index (χ3n) is 2.92. The van der Waals surface area contributed by atoms with Crippen LogP contribution in [-0.4, -0.2) is 43.1 Å². The number of urea groups is 1. The molecule has 22 heavy (non-hydrogen) atoms.